The van der Waals surface area contributed by atoms with Gasteiger partial charge in [-0.3, -0.25) is 4.68 Å². The highest BCUT2D eigenvalue weighted by Gasteiger charge is 2.17. The van der Waals surface area contributed by atoms with Gasteiger partial charge in [0, 0.05) is 31.4 Å². The van der Waals surface area contributed by atoms with E-state index in [-0.39, 0.29) is 0 Å². The molecule has 0 amide bonds. The molecule has 70 valence electrons. The van der Waals surface area contributed by atoms with Crippen LogP contribution in [-0.2, 0) is 13.5 Å². The third-order valence-electron chi connectivity index (χ3n) is 2.57. The van der Waals surface area contributed by atoms with Gasteiger partial charge < -0.3 is 5.73 Å². The molecule has 2 rings (SSSR count). The SMILES string of the molecule is Cn1nccc1CC=C1CC(N)C1. The van der Waals surface area contributed by atoms with Gasteiger partial charge >= 0.3 is 0 Å². The van der Waals surface area contributed by atoms with Crippen LogP contribution in [0.2, 0.25) is 0 Å². The standard InChI is InChI=1S/C10H15N3/c1-13-10(4-5-12-13)3-2-8-6-9(11)7-8/h2,4-5,9H,3,6-7,11H2,1H3. The number of nitrogens with two attached hydrogens (primary N) is 1. The molecular weight excluding hydrogens is 162 g/mol. The number of aromatic nitrogens is 2. The van der Waals surface area contributed by atoms with Crippen LogP contribution in [0.5, 0.6) is 0 Å². The van der Waals surface area contributed by atoms with Crippen LogP contribution < -0.4 is 5.73 Å². The summed E-state index contributed by atoms with van der Waals surface area (Å²) in [5.41, 5.74) is 8.44. The molecule has 2 N–H and O–H groups in total. The van der Waals surface area contributed by atoms with Gasteiger partial charge in [0.05, 0.1) is 0 Å². The first-order valence-corrected chi connectivity index (χ1v) is 4.66. The Morgan fingerprint density at radius 1 is 1.69 bits per heavy atom. The van der Waals surface area contributed by atoms with Gasteiger partial charge in [-0.05, 0) is 18.9 Å². The van der Waals surface area contributed by atoms with E-state index in [0.717, 1.165) is 19.3 Å². The summed E-state index contributed by atoms with van der Waals surface area (Å²) in [4.78, 5) is 0. The maximum absolute atomic E-state index is 5.69. The van der Waals surface area contributed by atoms with E-state index in [1.54, 1.807) is 0 Å². The molecule has 0 atom stereocenters. The van der Waals surface area contributed by atoms with E-state index in [0.29, 0.717) is 6.04 Å². The summed E-state index contributed by atoms with van der Waals surface area (Å²) in [6.45, 7) is 0. The van der Waals surface area contributed by atoms with E-state index < -0.39 is 0 Å². The quantitative estimate of drug-likeness (QED) is 0.685. The van der Waals surface area contributed by atoms with Gasteiger partial charge in [-0.15, -0.1) is 0 Å². The molecule has 1 fully saturated rings. The van der Waals surface area contributed by atoms with E-state index in [1.807, 2.05) is 17.9 Å². The second-order valence-electron chi connectivity index (χ2n) is 3.68. The van der Waals surface area contributed by atoms with Crippen LogP contribution in [0.4, 0.5) is 0 Å². The van der Waals surface area contributed by atoms with E-state index in [4.69, 9.17) is 5.73 Å². The van der Waals surface area contributed by atoms with E-state index in [9.17, 15) is 0 Å². The van der Waals surface area contributed by atoms with Crippen LogP contribution in [0, 0.1) is 0 Å². The van der Waals surface area contributed by atoms with E-state index in [1.165, 1.54) is 11.3 Å². The first kappa shape index (κ1) is 8.51. The monoisotopic (exact) mass is 177 g/mol. The van der Waals surface area contributed by atoms with Gasteiger partial charge in [0.25, 0.3) is 0 Å². The summed E-state index contributed by atoms with van der Waals surface area (Å²) < 4.78 is 1.91. The topological polar surface area (TPSA) is 43.8 Å². The van der Waals surface area contributed by atoms with Crippen molar-refractivity contribution < 1.29 is 0 Å². The van der Waals surface area contributed by atoms with Crippen molar-refractivity contribution in [3.63, 3.8) is 0 Å². The van der Waals surface area contributed by atoms with Gasteiger partial charge in [0.2, 0.25) is 0 Å². The van der Waals surface area contributed by atoms with Gasteiger partial charge in [-0.2, -0.15) is 5.10 Å². The summed E-state index contributed by atoms with van der Waals surface area (Å²) in [5.74, 6) is 0. The zero-order valence-corrected chi connectivity index (χ0v) is 7.90. The van der Waals surface area contributed by atoms with Crippen molar-refractivity contribution in [3.05, 3.63) is 29.6 Å². The lowest BCUT2D eigenvalue weighted by atomic mass is 9.86. The minimum absolute atomic E-state index is 0.415. The van der Waals surface area contributed by atoms with Crippen molar-refractivity contribution in [3.8, 4) is 0 Å². The Morgan fingerprint density at radius 3 is 3.00 bits per heavy atom. The molecule has 1 aliphatic rings. The van der Waals surface area contributed by atoms with Crippen LogP contribution in [0.3, 0.4) is 0 Å². The highest BCUT2D eigenvalue weighted by Crippen LogP contribution is 2.24. The second kappa shape index (κ2) is 3.34. The van der Waals surface area contributed by atoms with Crippen LogP contribution in [0.1, 0.15) is 18.5 Å². The molecule has 0 bridgehead atoms. The van der Waals surface area contributed by atoms with Gasteiger partial charge in [-0.1, -0.05) is 11.6 Å². The fourth-order valence-corrected chi connectivity index (χ4v) is 1.63. The molecule has 0 aliphatic heterocycles. The Bertz CT molecular complexity index is 317. The Morgan fingerprint density at radius 2 is 2.46 bits per heavy atom. The summed E-state index contributed by atoms with van der Waals surface area (Å²) in [6.07, 6.45) is 7.26. The first-order valence-electron chi connectivity index (χ1n) is 4.66. The van der Waals surface area contributed by atoms with Crippen molar-refractivity contribution >= 4 is 0 Å². The van der Waals surface area contributed by atoms with Crippen LogP contribution >= 0.6 is 0 Å². The van der Waals surface area contributed by atoms with E-state index in [2.05, 4.69) is 17.2 Å². The summed E-state index contributed by atoms with van der Waals surface area (Å²) in [6, 6.07) is 2.47. The van der Waals surface area contributed by atoms with Crippen molar-refractivity contribution in [1.82, 2.24) is 9.78 Å². The highest BCUT2D eigenvalue weighted by molar-refractivity contribution is 5.18. The van der Waals surface area contributed by atoms with Gasteiger partial charge in [-0.25, -0.2) is 0 Å². The van der Waals surface area contributed by atoms with Crippen molar-refractivity contribution in [2.24, 2.45) is 12.8 Å². The lowest BCUT2D eigenvalue weighted by molar-refractivity contribution is 0.539. The first-order chi connectivity index (χ1) is 6.25. The lowest BCUT2D eigenvalue weighted by Gasteiger charge is -2.25. The largest absolute Gasteiger partial charge is 0.327 e. The maximum Gasteiger partial charge on any atom is 0.0492 e. The zero-order chi connectivity index (χ0) is 9.26. The lowest BCUT2D eigenvalue weighted by Crippen LogP contribution is -2.30. The molecule has 1 aromatic rings. The number of rotatable bonds is 2. The maximum atomic E-state index is 5.69. The Balaban J connectivity index is 1.93. The predicted molar refractivity (Wildman–Crippen MR) is 52.2 cm³/mol. The number of aryl methyl sites for hydroxylation is 1. The Hall–Kier alpha value is -1.09. The molecule has 3 nitrogen and oxygen atoms in total. The molecule has 3 heteroatoms. The average Bonchev–Trinajstić information content (AvgIpc) is 2.43. The molecule has 1 heterocycles. The molecule has 1 aliphatic carbocycles. The van der Waals surface area contributed by atoms with Gasteiger partial charge in [0.15, 0.2) is 0 Å². The molecule has 0 radical (unpaired) electrons. The fourth-order valence-electron chi connectivity index (χ4n) is 1.63. The third kappa shape index (κ3) is 1.80. The Labute approximate surface area is 78.2 Å². The number of hydrogen-bond donors (Lipinski definition) is 1. The third-order valence-corrected chi connectivity index (χ3v) is 2.57. The minimum Gasteiger partial charge on any atom is -0.327 e. The van der Waals surface area contributed by atoms with Gasteiger partial charge in [0.1, 0.15) is 0 Å². The molecule has 0 aromatic carbocycles. The number of hydrogen-bond acceptors (Lipinski definition) is 2. The predicted octanol–water partition coefficient (Wildman–Crippen LogP) is 1.01. The zero-order valence-electron chi connectivity index (χ0n) is 7.90. The summed E-state index contributed by atoms with van der Waals surface area (Å²) in [7, 11) is 1.97. The minimum atomic E-state index is 0.415. The highest BCUT2D eigenvalue weighted by atomic mass is 15.2. The molecule has 0 saturated heterocycles. The van der Waals surface area contributed by atoms with Crippen molar-refractivity contribution in [1.29, 1.82) is 0 Å². The molecule has 1 aromatic heterocycles. The average molecular weight is 177 g/mol. The molecular formula is C10H15N3. The Kier molecular flexibility index (Phi) is 2.19. The fraction of sp³-hybridized carbons (Fsp3) is 0.500. The number of nitrogens with zero attached hydrogens (tertiary/aromatic N) is 2. The van der Waals surface area contributed by atoms with Crippen LogP contribution in [-0.4, -0.2) is 15.8 Å². The normalized spacial score (nSPS) is 21.4. The van der Waals surface area contributed by atoms with Crippen molar-refractivity contribution in [2.45, 2.75) is 25.3 Å². The van der Waals surface area contributed by atoms with E-state index >= 15 is 0 Å². The van der Waals surface area contributed by atoms with Crippen LogP contribution in [0.25, 0.3) is 0 Å². The molecule has 13 heavy (non-hydrogen) atoms. The summed E-state index contributed by atoms with van der Waals surface area (Å²) in [5, 5.41) is 4.12. The molecule has 0 unspecified atom stereocenters. The number of allylic oxidation sites excluding steroid dienone is 1. The second-order valence-corrected chi connectivity index (χ2v) is 3.68. The smallest absolute Gasteiger partial charge is 0.0492 e. The molecule has 1 saturated carbocycles. The van der Waals surface area contributed by atoms with Crippen LogP contribution in [0.15, 0.2) is 23.9 Å². The summed E-state index contributed by atoms with van der Waals surface area (Å²) >= 11 is 0. The van der Waals surface area contributed by atoms with Crippen molar-refractivity contribution in [2.75, 3.05) is 0 Å². The molecule has 0 spiro atoms.